The number of benzene rings is 3. The van der Waals surface area contributed by atoms with Crippen molar-refractivity contribution in [1.82, 2.24) is 15.1 Å². The van der Waals surface area contributed by atoms with Gasteiger partial charge in [0.15, 0.2) is 0 Å². The highest BCUT2D eigenvalue weighted by molar-refractivity contribution is 5.71. The van der Waals surface area contributed by atoms with E-state index in [1.165, 1.54) is 5.56 Å². The molecule has 0 bridgehead atoms. The summed E-state index contributed by atoms with van der Waals surface area (Å²) in [5.41, 5.74) is 1.65. The molecule has 4 aliphatic rings. The summed E-state index contributed by atoms with van der Waals surface area (Å²) in [5, 5.41) is 12.6. The minimum atomic E-state index is -0.509. The van der Waals surface area contributed by atoms with Crippen LogP contribution in [-0.2, 0) is 31.6 Å². The molecule has 7 rings (SSSR count). The number of carbonyl (C=O) groups is 3. The van der Waals surface area contributed by atoms with Crippen LogP contribution in [0.4, 0.5) is 14.4 Å². The minimum Gasteiger partial charge on any atom is -0.445 e. The maximum Gasteiger partial charge on any atom is 0.410 e. The molecule has 0 spiro atoms. The maximum atomic E-state index is 12.5. The summed E-state index contributed by atoms with van der Waals surface area (Å²) in [5.74, 6) is 1.04. The number of ether oxygens (including phenoxy) is 3. The van der Waals surface area contributed by atoms with Crippen molar-refractivity contribution in [1.29, 1.82) is 5.26 Å². The maximum absolute atomic E-state index is 12.5. The Bertz CT molecular complexity index is 1760. The molecule has 274 valence electrons. The first-order valence-corrected chi connectivity index (χ1v) is 18.1. The number of amides is 3. The number of nitrogens with zero attached hydrogens (tertiary/aromatic N) is 3. The Balaban J connectivity index is 0.000000192. The molecule has 2 saturated heterocycles. The van der Waals surface area contributed by atoms with E-state index in [4.69, 9.17) is 14.2 Å². The van der Waals surface area contributed by atoms with E-state index in [9.17, 15) is 19.6 Å². The van der Waals surface area contributed by atoms with Crippen molar-refractivity contribution in [3.05, 3.63) is 108 Å². The van der Waals surface area contributed by atoms with Gasteiger partial charge in [-0.25, -0.2) is 14.4 Å². The molecule has 3 aromatic rings. The number of piperidine rings is 2. The molecule has 2 heterocycles. The van der Waals surface area contributed by atoms with Gasteiger partial charge in [-0.2, -0.15) is 5.26 Å². The van der Waals surface area contributed by atoms with E-state index in [-0.39, 0.29) is 47.9 Å². The molecular formula is C42H50N4O6. The van der Waals surface area contributed by atoms with Crippen molar-refractivity contribution in [3.8, 4) is 6.07 Å². The lowest BCUT2D eigenvalue weighted by Gasteiger charge is -2.29. The van der Waals surface area contributed by atoms with Gasteiger partial charge in [0, 0.05) is 50.0 Å². The lowest BCUT2D eigenvalue weighted by atomic mass is 9.90. The molecule has 0 aromatic heterocycles. The van der Waals surface area contributed by atoms with E-state index < -0.39 is 22.7 Å². The Morgan fingerprint density at radius 1 is 0.692 bits per heavy atom. The van der Waals surface area contributed by atoms with Crippen LogP contribution in [-0.4, -0.2) is 72.0 Å². The average Bonchev–Trinajstić information content (AvgIpc) is 3.65. The number of carbonyl (C=O) groups excluding carboxylic acids is 3. The van der Waals surface area contributed by atoms with Crippen LogP contribution < -0.4 is 5.32 Å². The largest absolute Gasteiger partial charge is 0.445 e. The van der Waals surface area contributed by atoms with Gasteiger partial charge in [0.2, 0.25) is 0 Å². The highest BCUT2D eigenvalue weighted by atomic mass is 16.6. The van der Waals surface area contributed by atoms with Crippen LogP contribution >= 0.6 is 0 Å². The van der Waals surface area contributed by atoms with Crippen molar-refractivity contribution in [2.75, 3.05) is 32.7 Å². The van der Waals surface area contributed by atoms with Gasteiger partial charge in [0.25, 0.3) is 0 Å². The predicted octanol–water partition coefficient (Wildman–Crippen LogP) is 7.29. The molecule has 2 unspecified atom stereocenters. The molecule has 2 aliphatic carbocycles. The van der Waals surface area contributed by atoms with Crippen LogP contribution in [0.1, 0.15) is 58.2 Å². The van der Waals surface area contributed by atoms with Gasteiger partial charge >= 0.3 is 18.3 Å². The highest BCUT2D eigenvalue weighted by Gasteiger charge is 2.71. The summed E-state index contributed by atoms with van der Waals surface area (Å²) in [6.45, 7) is 14.4. The van der Waals surface area contributed by atoms with Crippen molar-refractivity contribution >= 4 is 18.3 Å². The molecule has 6 atom stereocenters. The average molecular weight is 707 g/mol. The third-order valence-corrected chi connectivity index (χ3v) is 10.7. The number of alkyl carbamates (subject to hydrolysis) is 1. The van der Waals surface area contributed by atoms with Gasteiger partial charge in [0.1, 0.15) is 17.8 Å². The van der Waals surface area contributed by atoms with Crippen molar-refractivity contribution in [2.45, 2.75) is 70.2 Å². The smallest absolute Gasteiger partial charge is 0.410 e. The van der Waals surface area contributed by atoms with Gasteiger partial charge in [-0.15, -0.1) is 0 Å². The first-order valence-electron chi connectivity index (χ1n) is 18.1. The lowest BCUT2D eigenvalue weighted by molar-refractivity contribution is 0.0252. The number of nitrogens with one attached hydrogen (secondary N) is 1. The molecule has 3 amide bonds. The summed E-state index contributed by atoms with van der Waals surface area (Å²) < 4.78 is 16.3. The number of fused-ring (bicyclic) bond motifs is 2. The summed E-state index contributed by atoms with van der Waals surface area (Å²) in [6.07, 6.45) is -0.959. The number of hydrogen-bond donors (Lipinski definition) is 1. The molecule has 4 fully saturated rings. The Kier molecular flexibility index (Phi) is 10.0. The van der Waals surface area contributed by atoms with Crippen molar-refractivity contribution < 1.29 is 28.6 Å². The third kappa shape index (κ3) is 7.59. The number of likely N-dealkylation sites (tertiary alicyclic amines) is 2. The highest BCUT2D eigenvalue weighted by Crippen LogP contribution is 2.64. The fourth-order valence-corrected chi connectivity index (χ4v) is 8.22. The zero-order chi connectivity index (χ0) is 37.3. The van der Waals surface area contributed by atoms with E-state index in [1.54, 1.807) is 9.80 Å². The molecule has 0 radical (unpaired) electrons. The van der Waals surface area contributed by atoms with E-state index >= 15 is 0 Å². The van der Waals surface area contributed by atoms with Gasteiger partial charge in [-0.1, -0.05) is 91.0 Å². The van der Waals surface area contributed by atoms with Gasteiger partial charge < -0.3 is 29.3 Å². The summed E-state index contributed by atoms with van der Waals surface area (Å²) in [7, 11) is 0. The van der Waals surface area contributed by atoms with Crippen LogP contribution in [0.2, 0.25) is 0 Å². The fourth-order valence-electron chi connectivity index (χ4n) is 8.22. The second-order valence-corrected chi connectivity index (χ2v) is 16.4. The monoisotopic (exact) mass is 706 g/mol. The van der Waals surface area contributed by atoms with Crippen LogP contribution in [0.5, 0.6) is 0 Å². The van der Waals surface area contributed by atoms with Crippen LogP contribution in [0.3, 0.4) is 0 Å². The van der Waals surface area contributed by atoms with Gasteiger partial charge in [-0.05, 0) is 70.1 Å². The van der Waals surface area contributed by atoms with Crippen LogP contribution in [0.15, 0.2) is 91.0 Å². The summed E-state index contributed by atoms with van der Waals surface area (Å²) in [6, 6.07) is 32.3. The van der Waals surface area contributed by atoms with E-state index in [0.29, 0.717) is 32.7 Å². The molecule has 1 N–H and O–H groups in total. The van der Waals surface area contributed by atoms with Crippen LogP contribution in [0.25, 0.3) is 0 Å². The molecule has 2 saturated carbocycles. The Morgan fingerprint density at radius 3 is 1.56 bits per heavy atom. The Morgan fingerprint density at radius 2 is 1.12 bits per heavy atom. The second kappa shape index (κ2) is 14.2. The normalized spacial score (nSPS) is 26.8. The number of hydrogen-bond acceptors (Lipinski definition) is 7. The van der Waals surface area contributed by atoms with E-state index in [1.807, 2.05) is 120 Å². The first-order chi connectivity index (χ1) is 24.7. The molecule has 10 nitrogen and oxygen atoms in total. The molecule has 52 heavy (non-hydrogen) atoms. The predicted molar refractivity (Wildman–Crippen MR) is 196 cm³/mol. The number of nitriles is 1. The second-order valence-electron chi connectivity index (χ2n) is 16.4. The summed E-state index contributed by atoms with van der Waals surface area (Å²) in [4.78, 5) is 40.4. The van der Waals surface area contributed by atoms with Crippen LogP contribution in [0, 0.1) is 35.0 Å². The lowest BCUT2D eigenvalue weighted by Crippen LogP contribution is -2.42. The topological polar surface area (TPSA) is 121 Å². The quantitative estimate of drug-likeness (QED) is 0.267. The van der Waals surface area contributed by atoms with Gasteiger partial charge in [0.05, 0.1) is 11.5 Å². The fraction of sp³-hybridized carbons (Fsp3) is 0.476. The summed E-state index contributed by atoms with van der Waals surface area (Å²) >= 11 is 0. The first kappa shape index (κ1) is 36.7. The molecule has 10 heteroatoms. The Labute approximate surface area is 307 Å². The van der Waals surface area contributed by atoms with E-state index in [2.05, 4.69) is 23.5 Å². The van der Waals surface area contributed by atoms with Gasteiger partial charge in [-0.3, -0.25) is 0 Å². The zero-order valence-corrected chi connectivity index (χ0v) is 31.0. The van der Waals surface area contributed by atoms with E-state index in [0.717, 1.165) is 11.1 Å². The molecule has 2 aliphatic heterocycles. The standard InChI is InChI=1S/C25H30N2O4.C17H20N2O2/c1-24(2,3)31-23(29)27-14-20-21(15-27)25(20,19-12-8-5-9-13-19)17-26-22(28)30-16-18-10-6-4-7-11-18;1-16(2,3)21-15(20)19-9-13-14(10-19)17(13,11-18)12-7-5-4-6-8-12/h4-13,20-21H,14-17H2,1-3H3,(H,26,28);4-8,13-14H,9-10H2,1-3H3/t20-,21+,25?;13-,14+,17?. The Hall–Kier alpha value is -5.04. The SMILES string of the molecule is CC(C)(C)OC(=O)N1C[C@@H]2[C@H](C1)C2(C#N)c1ccccc1.CC(C)(C)OC(=O)N1C[C@@H]2[C@H](C1)C2(CNC(=O)OCc1ccccc1)c1ccccc1. The minimum absolute atomic E-state index is 0.175. The zero-order valence-electron chi connectivity index (χ0n) is 31.0. The molecule has 3 aromatic carbocycles. The number of rotatable bonds is 6. The van der Waals surface area contributed by atoms with Crippen molar-refractivity contribution in [3.63, 3.8) is 0 Å². The molecular weight excluding hydrogens is 656 g/mol. The third-order valence-electron chi connectivity index (χ3n) is 10.7. The van der Waals surface area contributed by atoms with Crippen molar-refractivity contribution in [2.24, 2.45) is 23.7 Å².